The second-order valence-electron chi connectivity index (χ2n) is 4.43. The number of imidazole rings is 1. The Morgan fingerprint density at radius 3 is 2.67 bits per heavy atom. The fraction of sp³-hybridized carbons (Fsp3) is 0.133. The van der Waals surface area contributed by atoms with Crippen molar-refractivity contribution >= 4 is 10.8 Å². The summed E-state index contributed by atoms with van der Waals surface area (Å²) in [5, 5.41) is 12.6. The molecule has 0 aliphatic rings. The van der Waals surface area contributed by atoms with Crippen LogP contribution in [0.15, 0.2) is 55.0 Å². The van der Waals surface area contributed by atoms with Crippen molar-refractivity contribution in [1.82, 2.24) is 9.55 Å². The molecule has 0 radical (unpaired) electrons. The van der Waals surface area contributed by atoms with E-state index in [9.17, 15) is 5.11 Å². The van der Waals surface area contributed by atoms with Crippen LogP contribution in [0.25, 0.3) is 10.8 Å². The summed E-state index contributed by atoms with van der Waals surface area (Å²) in [6.45, 7) is 0. The van der Waals surface area contributed by atoms with Crippen LogP contribution in [0.3, 0.4) is 0 Å². The molecule has 1 unspecified atom stereocenters. The highest BCUT2D eigenvalue weighted by atomic mass is 16.3. The van der Waals surface area contributed by atoms with E-state index in [1.807, 2.05) is 60.3 Å². The van der Waals surface area contributed by atoms with Crippen molar-refractivity contribution < 1.29 is 5.11 Å². The molecule has 3 rings (SSSR count). The normalized spacial score (nSPS) is 12.8. The van der Waals surface area contributed by atoms with Gasteiger partial charge in [0.1, 0.15) is 6.10 Å². The molecule has 0 bridgehead atoms. The van der Waals surface area contributed by atoms with Gasteiger partial charge in [0.15, 0.2) is 0 Å². The summed E-state index contributed by atoms with van der Waals surface area (Å²) in [5.41, 5.74) is 1.57. The Morgan fingerprint density at radius 1 is 1.11 bits per heavy atom. The molecule has 0 aliphatic heterocycles. The lowest BCUT2D eigenvalue weighted by Crippen LogP contribution is -2.00. The van der Waals surface area contributed by atoms with Crippen LogP contribution in [-0.2, 0) is 7.05 Å². The topological polar surface area (TPSA) is 38.0 Å². The van der Waals surface area contributed by atoms with Crippen LogP contribution >= 0.6 is 0 Å². The first kappa shape index (κ1) is 11.0. The van der Waals surface area contributed by atoms with Gasteiger partial charge in [-0.25, -0.2) is 4.98 Å². The average Bonchev–Trinajstić information content (AvgIpc) is 2.84. The van der Waals surface area contributed by atoms with Gasteiger partial charge in [0, 0.05) is 13.2 Å². The van der Waals surface area contributed by atoms with Crippen LogP contribution in [0.2, 0.25) is 0 Å². The van der Waals surface area contributed by atoms with Gasteiger partial charge in [0.05, 0.1) is 12.0 Å². The van der Waals surface area contributed by atoms with Crippen molar-refractivity contribution in [1.29, 1.82) is 0 Å². The van der Waals surface area contributed by atoms with E-state index in [-0.39, 0.29) is 0 Å². The molecule has 90 valence electrons. The third-order valence-electron chi connectivity index (χ3n) is 3.12. The Labute approximate surface area is 105 Å². The summed E-state index contributed by atoms with van der Waals surface area (Å²) in [7, 11) is 1.90. The summed E-state index contributed by atoms with van der Waals surface area (Å²) in [6.07, 6.45) is 2.85. The molecule has 0 aliphatic carbocycles. The number of nitrogens with zero attached hydrogens (tertiary/aromatic N) is 2. The molecule has 18 heavy (non-hydrogen) atoms. The zero-order chi connectivity index (χ0) is 12.5. The summed E-state index contributed by atoms with van der Waals surface area (Å²) in [4.78, 5) is 4.21. The van der Waals surface area contributed by atoms with Crippen LogP contribution < -0.4 is 0 Å². The Hall–Kier alpha value is -2.13. The molecule has 0 saturated carbocycles. The van der Waals surface area contributed by atoms with Crippen molar-refractivity contribution in [3.63, 3.8) is 0 Å². The maximum Gasteiger partial charge on any atom is 0.123 e. The highest BCUT2D eigenvalue weighted by Gasteiger charge is 2.15. The number of hydrogen-bond donors (Lipinski definition) is 1. The van der Waals surface area contributed by atoms with Gasteiger partial charge in [-0.3, -0.25) is 0 Å². The lowest BCUT2D eigenvalue weighted by atomic mass is 9.99. The molecule has 2 aromatic carbocycles. The quantitative estimate of drug-likeness (QED) is 0.745. The predicted molar refractivity (Wildman–Crippen MR) is 71.2 cm³/mol. The number of rotatable bonds is 2. The van der Waals surface area contributed by atoms with E-state index < -0.39 is 6.10 Å². The SMILES string of the molecule is Cn1cnc(C(O)c2cccc3ccccc23)c1. The van der Waals surface area contributed by atoms with Crippen LogP contribution in [0.5, 0.6) is 0 Å². The number of aliphatic hydroxyl groups is 1. The minimum atomic E-state index is -0.683. The average molecular weight is 238 g/mol. The molecule has 0 fully saturated rings. The number of benzene rings is 2. The molecular formula is C15H14N2O. The van der Waals surface area contributed by atoms with Crippen LogP contribution in [0, 0.1) is 0 Å². The van der Waals surface area contributed by atoms with Crippen molar-refractivity contribution in [3.8, 4) is 0 Å². The van der Waals surface area contributed by atoms with Crippen LogP contribution in [-0.4, -0.2) is 14.7 Å². The van der Waals surface area contributed by atoms with Gasteiger partial charge >= 0.3 is 0 Å². The van der Waals surface area contributed by atoms with Gasteiger partial charge in [0.25, 0.3) is 0 Å². The molecule has 0 saturated heterocycles. The first-order valence-corrected chi connectivity index (χ1v) is 5.89. The monoisotopic (exact) mass is 238 g/mol. The minimum absolute atomic E-state index is 0.675. The van der Waals surface area contributed by atoms with Crippen molar-refractivity contribution in [2.45, 2.75) is 6.10 Å². The lowest BCUT2D eigenvalue weighted by Gasteiger charge is -2.11. The number of aromatic nitrogens is 2. The van der Waals surface area contributed by atoms with E-state index in [0.717, 1.165) is 16.3 Å². The van der Waals surface area contributed by atoms with E-state index >= 15 is 0 Å². The van der Waals surface area contributed by atoms with Crippen molar-refractivity contribution in [3.05, 3.63) is 66.2 Å². The van der Waals surface area contributed by atoms with Gasteiger partial charge in [-0.15, -0.1) is 0 Å². The van der Waals surface area contributed by atoms with Gasteiger partial charge < -0.3 is 9.67 Å². The molecule has 3 aromatic rings. The molecule has 0 spiro atoms. The Morgan fingerprint density at radius 2 is 1.89 bits per heavy atom. The fourth-order valence-corrected chi connectivity index (χ4v) is 2.22. The molecular weight excluding hydrogens is 224 g/mol. The molecule has 1 aromatic heterocycles. The first-order chi connectivity index (χ1) is 8.75. The Balaban J connectivity index is 2.14. The number of aliphatic hydroxyl groups excluding tert-OH is 1. The van der Waals surface area contributed by atoms with Crippen molar-refractivity contribution in [2.24, 2.45) is 7.05 Å². The maximum absolute atomic E-state index is 10.4. The number of aryl methyl sites for hydroxylation is 1. The third-order valence-corrected chi connectivity index (χ3v) is 3.12. The molecule has 1 atom stereocenters. The summed E-state index contributed by atoms with van der Waals surface area (Å²) in [6, 6.07) is 14.0. The minimum Gasteiger partial charge on any atom is -0.382 e. The van der Waals surface area contributed by atoms with E-state index in [2.05, 4.69) is 4.98 Å². The molecule has 0 amide bonds. The lowest BCUT2D eigenvalue weighted by molar-refractivity contribution is 0.217. The van der Waals surface area contributed by atoms with Gasteiger partial charge in [-0.05, 0) is 16.3 Å². The summed E-state index contributed by atoms with van der Waals surface area (Å²) < 4.78 is 1.84. The van der Waals surface area contributed by atoms with Crippen molar-refractivity contribution in [2.75, 3.05) is 0 Å². The number of fused-ring (bicyclic) bond motifs is 1. The molecule has 3 nitrogen and oxygen atoms in total. The second kappa shape index (κ2) is 4.27. The zero-order valence-corrected chi connectivity index (χ0v) is 10.1. The van der Waals surface area contributed by atoms with Crippen LogP contribution in [0.4, 0.5) is 0 Å². The highest BCUT2D eigenvalue weighted by Crippen LogP contribution is 2.27. The van der Waals surface area contributed by atoms with E-state index in [4.69, 9.17) is 0 Å². The standard InChI is InChI=1S/C15H14N2O/c1-17-9-14(16-10-17)15(18)13-8-4-6-11-5-2-3-7-12(11)13/h2-10,15,18H,1H3. The maximum atomic E-state index is 10.4. The van der Waals surface area contributed by atoms with E-state index in [0.29, 0.717) is 5.69 Å². The van der Waals surface area contributed by atoms with Gasteiger partial charge in [-0.2, -0.15) is 0 Å². The van der Waals surface area contributed by atoms with Crippen LogP contribution in [0.1, 0.15) is 17.4 Å². The molecule has 3 heteroatoms. The zero-order valence-electron chi connectivity index (χ0n) is 10.1. The van der Waals surface area contributed by atoms with E-state index in [1.54, 1.807) is 6.33 Å². The second-order valence-corrected chi connectivity index (χ2v) is 4.43. The first-order valence-electron chi connectivity index (χ1n) is 5.89. The highest BCUT2D eigenvalue weighted by molar-refractivity contribution is 5.86. The van der Waals surface area contributed by atoms with Gasteiger partial charge in [0.2, 0.25) is 0 Å². The summed E-state index contributed by atoms with van der Waals surface area (Å²) in [5.74, 6) is 0. The fourth-order valence-electron chi connectivity index (χ4n) is 2.22. The predicted octanol–water partition coefficient (Wildman–Crippen LogP) is 2.66. The third kappa shape index (κ3) is 1.79. The molecule has 1 N–H and O–H groups in total. The van der Waals surface area contributed by atoms with E-state index in [1.165, 1.54) is 0 Å². The largest absolute Gasteiger partial charge is 0.382 e. The summed E-state index contributed by atoms with van der Waals surface area (Å²) >= 11 is 0. The number of hydrogen-bond acceptors (Lipinski definition) is 2. The smallest absolute Gasteiger partial charge is 0.123 e. The molecule has 1 heterocycles. The Kier molecular flexibility index (Phi) is 2.61. The van der Waals surface area contributed by atoms with Gasteiger partial charge in [-0.1, -0.05) is 42.5 Å². The Bertz CT molecular complexity index is 682.